The Bertz CT molecular complexity index is 1780. The molecule has 53 heavy (non-hydrogen) atoms. The van der Waals surface area contributed by atoms with E-state index in [0.717, 1.165) is 0 Å². The first-order chi connectivity index (χ1) is 25.1. The van der Waals surface area contributed by atoms with Crippen LogP contribution in [0.2, 0.25) is 0 Å². The molecule has 0 spiro atoms. The van der Waals surface area contributed by atoms with Gasteiger partial charge < -0.3 is 88.6 Å². The predicted octanol–water partition coefficient (Wildman–Crippen LogP) is -2.24. The van der Waals surface area contributed by atoms with Crippen molar-refractivity contribution in [1.29, 1.82) is 0 Å². The molecule has 0 saturated carbocycles. The fourth-order valence-electron chi connectivity index (χ4n) is 6.32. The quantitative estimate of drug-likeness (QED) is 0.110. The molecule has 3 aliphatic rings. The van der Waals surface area contributed by atoms with Gasteiger partial charge in [0.15, 0.2) is 18.3 Å². The van der Waals surface area contributed by atoms with Gasteiger partial charge in [0, 0.05) is 17.7 Å². The SMILES string of the molecule is COc1cc(O)c2c(=O)c(O[C@@H]3O[C@H](CO[C@@H]4O[C@@H](C)[C@H](O)[C@@H](O[C@@H]5O[C@@H](C)[C@H](O)[C@@H](O)[C@H]5O)[C@H]4O)[C@@H](O)[C@H](O)[C@H]3O)c(-c3ccc(O)cc3)oc2c1. The lowest BCUT2D eigenvalue weighted by Gasteiger charge is -2.46. The molecule has 3 aromatic rings. The third-order valence-electron chi connectivity index (χ3n) is 9.48. The molecule has 0 bridgehead atoms. The van der Waals surface area contributed by atoms with Crippen molar-refractivity contribution in [2.24, 2.45) is 0 Å². The Morgan fingerprint density at radius 2 is 1.32 bits per heavy atom. The lowest BCUT2D eigenvalue weighted by Crippen LogP contribution is -2.64. The average Bonchev–Trinajstić information content (AvgIpc) is 3.13. The maximum Gasteiger partial charge on any atom is 0.239 e. The minimum Gasteiger partial charge on any atom is -0.508 e. The Morgan fingerprint density at radius 1 is 0.698 bits per heavy atom. The second kappa shape index (κ2) is 15.6. The van der Waals surface area contributed by atoms with Crippen molar-refractivity contribution < 1.29 is 88.6 Å². The molecule has 2 aromatic carbocycles. The molecule has 0 amide bonds. The van der Waals surface area contributed by atoms with E-state index in [1.54, 1.807) is 0 Å². The van der Waals surface area contributed by atoms with Crippen LogP contribution in [0.15, 0.2) is 45.6 Å². The van der Waals surface area contributed by atoms with E-state index in [0.29, 0.717) is 0 Å². The Morgan fingerprint density at radius 3 is 2.00 bits per heavy atom. The minimum atomic E-state index is -1.96. The fourth-order valence-corrected chi connectivity index (χ4v) is 6.32. The van der Waals surface area contributed by atoms with E-state index in [9.17, 15) is 55.9 Å². The van der Waals surface area contributed by atoms with Crippen LogP contribution in [0.25, 0.3) is 22.3 Å². The van der Waals surface area contributed by atoms with Crippen LogP contribution < -0.4 is 14.9 Å². The third-order valence-corrected chi connectivity index (χ3v) is 9.48. The Labute approximate surface area is 300 Å². The number of hydrogen-bond donors (Lipinski definition) is 10. The normalized spacial score (nSPS) is 37.8. The summed E-state index contributed by atoms with van der Waals surface area (Å²) in [6.07, 6.45) is -23.9. The summed E-state index contributed by atoms with van der Waals surface area (Å²) in [5.41, 5.74) is -0.804. The van der Waals surface area contributed by atoms with E-state index < -0.39 is 116 Å². The minimum absolute atomic E-state index is 0.102. The molecule has 0 radical (unpaired) electrons. The van der Waals surface area contributed by atoms with Crippen LogP contribution >= 0.6 is 0 Å². The topological polar surface area (TPSA) is 297 Å². The molecule has 4 heterocycles. The summed E-state index contributed by atoms with van der Waals surface area (Å²) < 4.78 is 45.1. The molecule has 0 unspecified atom stereocenters. The largest absolute Gasteiger partial charge is 0.508 e. The van der Waals surface area contributed by atoms with Crippen molar-refractivity contribution in [2.45, 2.75) is 106 Å². The smallest absolute Gasteiger partial charge is 0.239 e. The highest BCUT2D eigenvalue weighted by molar-refractivity contribution is 5.88. The summed E-state index contributed by atoms with van der Waals surface area (Å²) in [6.45, 7) is 2.19. The van der Waals surface area contributed by atoms with E-state index in [-0.39, 0.29) is 33.8 Å². The third kappa shape index (κ3) is 7.54. The summed E-state index contributed by atoms with van der Waals surface area (Å²) in [4.78, 5) is 13.9. The molecule has 19 heteroatoms. The van der Waals surface area contributed by atoms with E-state index in [4.69, 9.17) is 37.6 Å². The molecule has 3 aliphatic heterocycles. The van der Waals surface area contributed by atoms with Crippen LogP contribution in [0.1, 0.15) is 13.8 Å². The van der Waals surface area contributed by atoms with Gasteiger partial charge in [0.1, 0.15) is 89.3 Å². The molecule has 292 valence electrons. The number of benzene rings is 2. The summed E-state index contributed by atoms with van der Waals surface area (Å²) in [7, 11) is 1.34. The molecule has 6 rings (SSSR count). The summed E-state index contributed by atoms with van der Waals surface area (Å²) >= 11 is 0. The highest BCUT2D eigenvalue weighted by Crippen LogP contribution is 2.38. The Balaban J connectivity index is 1.23. The summed E-state index contributed by atoms with van der Waals surface area (Å²) in [6, 6.07) is 7.93. The molecule has 0 aliphatic carbocycles. The maximum absolute atomic E-state index is 13.9. The van der Waals surface area contributed by atoms with E-state index >= 15 is 0 Å². The monoisotopic (exact) mass is 754 g/mol. The lowest BCUT2D eigenvalue weighted by atomic mass is 9.97. The zero-order valence-corrected chi connectivity index (χ0v) is 28.5. The van der Waals surface area contributed by atoms with Crippen molar-refractivity contribution in [3.63, 3.8) is 0 Å². The molecule has 19 nitrogen and oxygen atoms in total. The van der Waals surface area contributed by atoms with Crippen LogP contribution in [0, 0.1) is 0 Å². The van der Waals surface area contributed by atoms with Crippen molar-refractivity contribution in [1.82, 2.24) is 0 Å². The van der Waals surface area contributed by atoms with Crippen LogP contribution in [0.3, 0.4) is 0 Å². The van der Waals surface area contributed by atoms with Crippen LogP contribution in [-0.4, -0.2) is 157 Å². The average molecular weight is 755 g/mol. The second-order valence-corrected chi connectivity index (χ2v) is 13.1. The van der Waals surface area contributed by atoms with Gasteiger partial charge in [-0.15, -0.1) is 0 Å². The number of rotatable bonds is 9. The first kappa shape index (κ1) is 39.0. The number of phenolic OH excluding ortho intramolecular Hbond substituents is 2. The molecule has 3 fully saturated rings. The standard InChI is InChI=1S/C34H42O19/c1-11-20(37)24(41)26(43)33(49-11)52-30-21(38)12(2)48-32(28(30)45)47-10-18-22(39)25(42)27(44)34(51-18)53-31-23(40)19-16(36)8-15(46-3)9-17(19)50-29(31)13-4-6-14(35)7-5-13/h4-9,11-12,18,20-22,24-28,30,32-39,41-45H,10H2,1-3H3/t11-,12-,18+,20-,21-,22+,24+,25-,26+,27+,28+,30+,32+,33-,34-/m0/s1. The van der Waals surface area contributed by atoms with Crippen LogP contribution in [-0.2, 0) is 23.7 Å². The highest BCUT2D eigenvalue weighted by Gasteiger charge is 2.51. The molecular weight excluding hydrogens is 712 g/mol. The maximum atomic E-state index is 13.9. The van der Waals surface area contributed by atoms with Gasteiger partial charge in [0.25, 0.3) is 0 Å². The Hall–Kier alpha value is -3.67. The van der Waals surface area contributed by atoms with Gasteiger partial charge in [-0.1, -0.05) is 0 Å². The molecule has 15 atom stereocenters. The van der Waals surface area contributed by atoms with Crippen molar-refractivity contribution in [2.75, 3.05) is 13.7 Å². The van der Waals surface area contributed by atoms with Gasteiger partial charge in [-0.3, -0.25) is 4.79 Å². The van der Waals surface area contributed by atoms with Gasteiger partial charge in [-0.2, -0.15) is 0 Å². The number of aliphatic hydroxyl groups is 8. The van der Waals surface area contributed by atoms with Crippen molar-refractivity contribution in [3.8, 4) is 34.3 Å². The number of fused-ring (bicyclic) bond motifs is 1. The number of hydrogen-bond acceptors (Lipinski definition) is 19. The van der Waals surface area contributed by atoms with E-state index in [2.05, 4.69) is 0 Å². The second-order valence-electron chi connectivity index (χ2n) is 13.1. The first-order valence-electron chi connectivity index (χ1n) is 16.6. The van der Waals surface area contributed by atoms with Gasteiger partial charge in [-0.25, -0.2) is 0 Å². The molecule has 3 saturated heterocycles. The zero-order chi connectivity index (χ0) is 38.5. The number of aliphatic hydroxyl groups excluding tert-OH is 8. The predicted molar refractivity (Wildman–Crippen MR) is 175 cm³/mol. The van der Waals surface area contributed by atoms with E-state index in [1.807, 2.05) is 0 Å². The van der Waals surface area contributed by atoms with Crippen LogP contribution in [0.5, 0.6) is 23.0 Å². The van der Waals surface area contributed by atoms with Gasteiger partial charge in [-0.05, 0) is 38.1 Å². The summed E-state index contributed by atoms with van der Waals surface area (Å²) in [5.74, 6) is -1.27. The first-order valence-corrected chi connectivity index (χ1v) is 16.6. The van der Waals surface area contributed by atoms with Gasteiger partial charge in [0.05, 0.1) is 25.9 Å². The molecule has 1 aromatic heterocycles. The Kier molecular flexibility index (Phi) is 11.5. The van der Waals surface area contributed by atoms with Crippen molar-refractivity contribution >= 4 is 11.0 Å². The lowest BCUT2D eigenvalue weighted by molar-refractivity contribution is -0.358. The zero-order valence-electron chi connectivity index (χ0n) is 28.5. The van der Waals surface area contributed by atoms with Crippen LogP contribution in [0.4, 0.5) is 0 Å². The molecular formula is C34H42O19. The van der Waals surface area contributed by atoms with Gasteiger partial charge in [0.2, 0.25) is 17.5 Å². The fraction of sp³-hybridized carbons (Fsp3) is 0.559. The van der Waals surface area contributed by atoms with Gasteiger partial charge >= 0.3 is 0 Å². The number of phenols is 2. The summed E-state index contributed by atoms with van der Waals surface area (Å²) in [5, 5.41) is 105. The number of methoxy groups -OCH3 is 1. The molecule has 10 N–H and O–H groups in total. The number of ether oxygens (including phenoxy) is 7. The number of aromatic hydroxyl groups is 2. The van der Waals surface area contributed by atoms with E-state index in [1.165, 1.54) is 57.4 Å². The van der Waals surface area contributed by atoms with Crippen molar-refractivity contribution in [3.05, 3.63) is 46.6 Å². The highest BCUT2D eigenvalue weighted by atomic mass is 16.7.